The molecule has 4 rings (SSSR count). The van der Waals surface area contributed by atoms with Gasteiger partial charge < -0.3 is 5.32 Å². The minimum absolute atomic E-state index is 0.00945. The van der Waals surface area contributed by atoms with Gasteiger partial charge in [0, 0.05) is 43.6 Å². The number of nitrogens with zero attached hydrogens (tertiary/aromatic N) is 5. The van der Waals surface area contributed by atoms with Gasteiger partial charge in [-0.2, -0.15) is 5.10 Å². The zero-order valence-corrected chi connectivity index (χ0v) is 21.5. The number of pyridine rings is 1. The van der Waals surface area contributed by atoms with Gasteiger partial charge in [-0.1, -0.05) is 34.6 Å². The van der Waals surface area contributed by atoms with Crippen molar-refractivity contribution in [3.05, 3.63) is 46.8 Å². The van der Waals surface area contributed by atoms with Crippen molar-refractivity contribution >= 4 is 17.1 Å². The summed E-state index contributed by atoms with van der Waals surface area (Å²) < 4.78 is 5.17. The first-order chi connectivity index (χ1) is 15.9. The molecule has 3 aromatic heterocycles. The fourth-order valence-electron chi connectivity index (χ4n) is 5.03. The lowest BCUT2D eigenvalue weighted by Gasteiger charge is -2.42. The highest BCUT2D eigenvalue weighted by molar-refractivity contribution is 5.80. The molecule has 0 spiro atoms. The molecule has 0 aromatic carbocycles. The minimum atomic E-state index is -0.363. The average Bonchev–Trinajstić information content (AvgIpc) is 3.37. The summed E-state index contributed by atoms with van der Waals surface area (Å²) in [5.41, 5.74) is 2.54. The van der Waals surface area contributed by atoms with Gasteiger partial charge in [0.2, 0.25) is 5.91 Å². The molecule has 8 heteroatoms. The molecule has 1 saturated carbocycles. The number of aryl methyl sites for hydroxylation is 1. The Labute approximate surface area is 201 Å². The second kappa shape index (κ2) is 8.71. The van der Waals surface area contributed by atoms with Gasteiger partial charge in [-0.3, -0.25) is 18.6 Å². The molecule has 1 fully saturated rings. The monoisotopic (exact) mass is 466 g/mol. The van der Waals surface area contributed by atoms with Crippen molar-refractivity contribution in [1.29, 1.82) is 0 Å². The number of carbonyl (C=O) groups is 1. The second-order valence-corrected chi connectivity index (χ2v) is 11.8. The van der Waals surface area contributed by atoms with Crippen LogP contribution >= 0.6 is 0 Å². The van der Waals surface area contributed by atoms with Crippen molar-refractivity contribution in [2.45, 2.75) is 85.4 Å². The highest BCUT2D eigenvalue weighted by atomic mass is 16.2. The van der Waals surface area contributed by atoms with Crippen LogP contribution in [0.5, 0.6) is 0 Å². The van der Waals surface area contributed by atoms with Crippen molar-refractivity contribution in [3.8, 4) is 0 Å². The van der Waals surface area contributed by atoms with Crippen LogP contribution in [0.3, 0.4) is 0 Å². The lowest BCUT2D eigenvalue weighted by Crippen LogP contribution is -2.50. The van der Waals surface area contributed by atoms with Gasteiger partial charge >= 0.3 is 5.69 Å². The molecule has 1 aliphatic carbocycles. The summed E-state index contributed by atoms with van der Waals surface area (Å²) in [6.07, 6.45) is 6.31. The summed E-state index contributed by atoms with van der Waals surface area (Å²) in [6, 6.07) is 5.60. The Morgan fingerprint density at radius 2 is 2.03 bits per heavy atom. The standard InChI is InChI=1S/C26H38N6O2/c1-17(32-14-8-13-27-32)23(33)29-21-15-18(11-12-26(21,5)6)19-9-10-20-22(28-19)30(7)24(34)31(20)16-25(2,3)4/h8-10,13-14,17-18,21H,11-12,15-16H2,1-7H3,(H,29,33). The lowest BCUT2D eigenvalue weighted by atomic mass is 9.68. The van der Waals surface area contributed by atoms with E-state index in [9.17, 15) is 9.59 Å². The first-order valence-electron chi connectivity index (χ1n) is 12.2. The minimum Gasteiger partial charge on any atom is -0.351 e. The van der Waals surface area contributed by atoms with E-state index >= 15 is 0 Å². The first kappa shape index (κ1) is 24.2. The van der Waals surface area contributed by atoms with Crippen LogP contribution in [-0.4, -0.2) is 35.8 Å². The summed E-state index contributed by atoms with van der Waals surface area (Å²) in [4.78, 5) is 30.9. The molecule has 1 amide bonds. The molecule has 0 aliphatic heterocycles. The van der Waals surface area contributed by atoms with Crippen LogP contribution in [0.2, 0.25) is 0 Å². The van der Waals surface area contributed by atoms with Crippen molar-refractivity contribution in [2.75, 3.05) is 0 Å². The molecule has 3 heterocycles. The quantitative estimate of drug-likeness (QED) is 0.615. The fourth-order valence-corrected chi connectivity index (χ4v) is 5.03. The van der Waals surface area contributed by atoms with E-state index in [0.29, 0.717) is 6.54 Å². The van der Waals surface area contributed by atoms with Gasteiger partial charge in [-0.25, -0.2) is 9.78 Å². The van der Waals surface area contributed by atoms with Crippen LogP contribution in [0.1, 0.15) is 78.5 Å². The summed E-state index contributed by atoms with van der Waals surface area (Å²) in [5, 5.41) is 7.51. The van der Waals surface area contributed by atoms with Crippen molar-refractivity contribution < 1.29 is 4.79 Å². The van der Waals surface area contributed by atoms with Crippen molar-refractivity contribution in [3.63, 3.8) is 0 Å². The summed E-state index contributed by atoms with van der Waals surface area (Å²) in [6.45, 7) is 13.3. The maximum absolute atomic E-state index is 13.0. The Hall–Kier alpha value is -2.90. The Balaban J connectivity index is 1.58. The van der Waals surface area contributed by atoms with Gasteiger partial charge in [0.1, 0.15) is 6.04 Å². The Bertz CT molecular complexity index is 1230. The highest BCUT2D eigenvalue weighted by Gasteiger charge is 2.39. The van der Waals surface area contributed by atoms with E-state index in [1.807, 2.05) is 29.8 Å². The predicted octanol–water partition coefficient (Wildman–Crippen LogP) is 4.02. The molecule has 3 atom stereocenters. The number of nitrogens with one attached hydrogen (secondary N) is 1. The number of carbonyl (C=O) groups excluding carboxylic acids is 1. The third kappa shape index (κ3) is 4.68. The molecule has 3 aromatic rings. The molecular weight excluding hydrogens is 428 g/mol. The van der Waals surface area contributed by atoms with Gasteiger partial charge in [-0.05, 0) is 55.2 Å². The van der Waals surface area contributed by atoms with E-state index in [1.165, 1.54) is 0 Å². The summed E-state index contributed by atoms with van der Waals surface area (Å²) in [7, 11) is 1.80. The highest BCUT2D eigenvalue weighted by Crippen LogP contribution is 2.42. The second-order valence-electron chi connectivity index (χ2n) is 11.8. The van der Waals surface area contributed by atoms with E-state index in [-0.39, 0.29) is 40.4 Å². The largest absolute Gasteiger partial charge is 0.351 e. The lowest BCUT2D eigenvalue weighted by molar-refractivity contribution is -0.126. The maximum Gasteiger partial charge on any atom is 0.330 e. The van der Waals surface area contributed by atoms with Crippen LogP contribution in [0.4, 0.5) is 0 Å². The van der Waals surface area contributed by atoms with Crippen LogP contribution in [0, 0.1) is 10.8 Å². The first-order valence-corrected chi connectivity index (χ1v) is 12.2. The fraction of sp³-hybridized carbons (Fsp3) is 0.615. The zero-order valence-electron chi connectivity index (χ0n) is 21.5. The van der Waals surface area contributed by atoms with Crippen LogP contribution in [0.25, 0.3) is 11.2 Å². The van der Waals surface area contributed by atoms with Crippen LogP contribution in [-0.2, 0) is 18.4 Å². The van der Waals surface area contributed by atoms with Gasteiger partial charge in [0.05, 0.1) is 5.52 Å². The molecule has 8 nitrogen and oxygen atoms in total. The van der Waals surface area contributed by atoms with Crippen LogP contribution in [0.15, 0.2) is 35.4 Å². The van der Waals surface area contributed by atoms with Gasteiger partial charge in [-0.15, -0.1) is 0 Å². The van der Waals surface area contributed by atoms with E-state index in [1.54, 1.807) is 22.5 Å². The van der Waals surface area contributed by atoms with E-state index in [0.717, 1.165) is 36.1 Å². The molecule has 1 aliphatic rings. The smallest absolute Gasteiger partial charge is 0.330 e. The number of hydrogen-bond donors (Lipinski definition) is 1. The molecule has 3 unspecified atom stereocenters. The van der Waals surface area contributed by atoms with E-state index in [4.69, 9.17) is 4.98 Å². The van der Waals surface area contributed by atoms with Crippen LogP contribution < -0.4 is 11.0 Å². The number of hydrogen-bond acceptors (Lipinski definition) is 4. The summed E-state index contributed by atoms with van der Waals surface area (Å²) >= 11 is 0. The normalized spacial score (nSPS) is 21.5. The molecule has 0 bridgehead atoms. The number of amides is 1. The Morgan fingerprint density at radius 1 is 1.29 bits per heavy atom. The van der Waals surface area contributed by atoms with E-state index in [2.05, 4.69) is 51.1 Å². The van der Waals surface area contributed by atoms with E-state index < -0.39 is 0 Å². The average molecular weight is 467 g/mol. The van der Waals surface area contributed by atoms with Gasteiger partial charge in [0.25, 0.3) is 0 Å². The van der Waals surface area contributed by atoms with Crippen molar-refractivity contribution in [1.82, 2.24) is 29.2 Å². The molecule has 1 N–H and O–H groups in total. The molecular formula is C26H38N6O2. The number of rotatable bonds is 5. The number of imidazole rings is 1. The summed E-state index contributed by atoms with van der Waals surface area (Å²) in [5.74, 6) is 0.205. The Morgan fingerprint density at radius 3 is 2.68 bits per heavy atom. The number of aromatic nitrogens is 5. The van der Waals surface area contributed by atoms with Gasteiger partial charge in [0.15, 0.2) is 5.65 Å². The third-order valence-corrected chi connectivity index (χ3v) is 7.27. The maximum atomic E-state index is 13.0. The molecule has 0 saturated heterocycles. The molecule has 34 heavy (non-hydrogen) atoms. The topological polar surface area (TPSA) is 86.7 Å². The van der Waals surface area contributed by atoms with Crippen molar-refractivity contribution in [2.24, 2.45) is 17.9 Å². The third-order valence-electron chi connectivity index (χ3n) is 7.27. The number of fused-ring (bicyclic) bond motifs is 1. The molecule has 184 valence electrons. The SMILES string of the molecule is CC(C(=O)NC1CC(c2ccc3c(n2)n(C)c(=O)n3CC(C)(C)C)CCC1(C)C)n1cccn1. The zero-order chi connectivity index (χ0) is 24.8. The molecule has 0 radical (unpaired) electrons. The Kier molecular flexibility index (Phi) is 6.21. The predicted molar refractivity (Wildman–Crippen MR) is 134 cm³/mol.